The zero-order chi connectivity index (χ0) is 28.8. The van der Waals surface area contributed by atoms with Crippen LogP contribution in [-0.4, -0.2) is 26.0 Å². The van der Waals surface area contributed by atoms with Crippen LogP contribution in [0.4, 0.5) is 23.7 Å². The third kappa shape index (κ3) is 7.35. The first-order valence-electron chi connectivity index (χ1n) is 12.1. The first-order chi connectivity index (χ1) is 19.0. The third-order valence-electron chi connectivity index (χ3n) is 5.57. The average molecular weight is 575 g/mol. The van der Waals surface area contributed by atoms with E-state index in [9.17, 15) is 26.4 Å². The van der Waals surface area contributed by atoms with Crippen molar-refractivity contribution in [3.63, 3.8) is 0 Å². The lowest BCUT2D eigenvalue weighted by Crippen LogP contribution is -2.34. The summed E-state index contributed by atoms with van der Waals surface area (Å²) >= 11 is 0. The molecule has 1 heterocycles. The maximum atomic E-state index is 13.3. The second-order valence-corrected chi connectivity index (χ2v) is 10.1. The van der Waals surface area contributed by atoms with Crippen LogP contribution in [0.15, 0.2) is 101 Å². The minimum absolute atomic E-state index is 0.0180. The van der Waals surface area contributed by atoms with Gasteiger partial charge in [-0.25, -0.2) is 4.79 Å². The molecule has 1 N–H and O–H groups in total. The molecule has 8 nitrogen and oxygen atoms in total. The molecule has 0 fully saturated rings. The van der Waals surface area contributed by atoms with Crippen LogP contribution >= 0.6 is 0 Å². The van der Waals surface area contributed by atoms with E-state index < -0.39 is 32.8 Å². The predicted octanol–water partition coefficient (Wildman–Crippen LogP) is 6.70. The summed E-state index contributed by atoms with van der Waals surface area (Å²) < 4.78 is 80.8. The molecule has 210 valence electrons. The van der Waals surface area contributed by atoms with E-state index in [-0.39, 0.29) is 18.8 Å². The second-order valence-electron chi connectivity index (χ2n) is 8.51. The molecule has 0 atom stereocenters. The molecule has 0 radical (unpaired) electrons. The molecule has 12 heteroatoms. The Hall–Kier alpha value is -4.45. The highest BCUT2D eigenvalue weighted by Crippen LogP contribution is 2.31. The fourth-order valence-corrected chi connectivity index (χ4v) is 4.72. The van der Waals surface area contributed by atoms with E-state index in [4.69, 9.17) is 13.3 Å². The van der Waals surface area contributed by atoms with Crippen LogP contribution in [0.5, 0.6) is 11.5 Å². The topological polar surface area (TPSA) is 98.1 Å². The van der Waals surface area contributed by atoms with Gasteiger partial charge in [-0.1, -0.05) is 30.3 Å². The van der Waals surface area contributed by atoms with Gasteiger partial charge in [0.05, 0.1) is 30.7 Å². The summed E-state index contributed by atoms with van der Waals surface area (Å²) in [5.74, 6) is 0.870. The minimum atomic E-state index is -4.72. The van der Waals surface area contributed by atoms with Crippen LogP contribution in [0.25, 0.3) is 0 Å². The molecule has 0 saturated carbocycles. The number of ether oxygens (including phenoxy) is 1. The second kappa shape index (κ2) is 12.2. The number of urea groups is 1. The van der Waals surface area contributed by atoms with Crippen LogP contribution in [0.3, 0.4) is 0 Å². The van der Waals surface area contributed by atoms with Crippen LogP contribution in [-0.2, 0) is 29.4 Å². The fraction of sp³-hybridized carbons (Fsp3) is 0.179. The van der Waals surface area contributed by atoms with Crippen LogP contribution in [0, 0.1) is 0 Å². The van der Waals surface area contributed by atoms with E-state index in [1.165, 1.54) is 29.4 Å². The highest BCUT2D eigenvalue weighted by molar-refractivity contribution is 7.87. The number of anilines is 1. The lowest BCUT2D eigenvalue weighted by molar-refractivity contribution is -0.137. The van der Waals surface area contributed by atoms with Crippen molar-refractivity contribution in [1.29, 1.82) is 0 Å². The Kier molecular flexibility index (Phi) is 8.68. The fourth-order valence-electron chi connectivity index (χ4n) is 3.75. The average Bonchev–Trinajstić information content (AvgIpc) is 3.42. The maximum absolute atomic E-state index is 13.3. The molecule has 0 spiro atoms. The molecule has 0 aliphatic rings. The Balaban J connectivity index is 1.55. The van der Waals surface area contributed by atoms with Gasteiger partial charge in [0.1, 0.15) is 22.2 Å². The van der Waals surface area contributed by atoms with E-state index >= 15 is 0 Å². The van der Waals surface area contributed by atoms with Crippen molar-refractivity contribution in [2.24, 2.45) is 0 Å². The zero-order valence-corrected chi connectivity index (χ0v) is 22.0. The van der Waals surface area contributed by atoms with Crippen molar-refractivity contribution in [2.45, 2.75) is 31.1 Å². The normalized spacial score (nSPS) is 11.6. The number of halogens is 3. The number of carbonyl (C=O) groups is 1. The summed E-state index contributed by atoms with van der Waals surface area (Å²) in [6, 6.07) is 19.0. The molecule has 0 unspecified atom stereocenters. The van der Waals surface area contributed by atoms with E-state index in [2.05, 4.69) is 5.32 Å². The number of benzene rings is 3. The summed E-state index contributed by atoms with van der Waals surface area (Å²) in [4.78, 5) is 14.1. The van der Waals surface area contributed by atoms with Gasteiger partial charge in [0.2, 0.25) is 0 Å². The van der Waals surface area contributed by atoms with Gasteiger partial charge in [0.25, 0.3) is 0 Å². The van der Waals surface area contributed by atoms with Gasteiger partial charge in [-0.05, 0) is 67.1 Å². The van der Waals surface area contributed by atoms with Gasteiger partial charge in [-0.2, -0.15) is 21.6 Å². The number of nitrogens with one attached hydrogen (secondary N) is 1. The summed E-state index contributed by atoms with van der Waals surface area (Å²) in [7, 11) is -4.57. The highest BCUT2D eigenvalue weighted by Gasteiger charge is 2.32. The van der Waals surface area contributed by atoms with Crippen molar-refractivity contribution in [3.05, 3.63) is 108 Å². The van der Waals surface area contributed by atoms with Gasteiger partial charge in [0, 0.05) is 6.54 Å². The Morgan fingerprint density at radius 2 is 1.73 bits per heavy atom. The van der Waals surface area contributed by atoms with Crippen molar-refractivity contribution in [2.75, 3.05) is 11.9 Å². The van der Waals surface area contributed by atoms with Crippen LogP contribution < -0.4 is 14.2 Å². The smallest absolute Gasteiger partial charge is 0.416 e. The number of hydrogen-bond donors (Lipinski definition) is 1. The predicted molar refractivity (Wildman–Crippen MR) is 140 cm³/mol. The number of rotatable bonds is 10. The van der Waals surface area contributed by atoms with Gasteiger partial charge < -0.3 is 23.6 Å². The van der Waals surface area contributed by atoms with Gasteiger partial charge in [-0.3, -0.25) is 0 Å². The number of furan rings is 1. The number of para-hydroxylation sites is 2. The maximum Gasteiger partial charge on any atom is 0.416 e. The Bertz CT molecular complexity index is 1560. The molecule has 4 aromatic rings. The minimum Gasteiger partial charge on any atom is -0.492 e. The Labute approximate surface area is 229 Å². The van der Waals surface area contributed by atoms with Crippen molar-refractivity contribution < 1.29 is 39.7 Å². The van der Waals surface area contributed by atoms with Gasteiger partial charge >= 0.3 is 22.3 Å². The van der Waals surface area contributed by atoms with E-state index in [0.717, 1.165) is 18.2 Å². The van der Waals surface area contributed by atoms with Crippen molar-refractivity contribution >= 4 is 21.8 Å². The molecule has 0 saturated heterocycles. The lowest BCUT2D eigenvalue weighted by atomic mass is 10.2. The molecule has 4 rings (SSSR count). The lowest BCUT2D eigenvalue weighted by Gasteiger charge is -2.23. The summed E-state index contributed by atoms with van der Waals surface area (Å²) in [5, 5.41) is 2.82. The van der Waals surface area contributed by atoms with Gasteiger partial charge in [-0.15, -0.1) is 0 Å². The molecule has 3 aromatic carbocycles. The largest absolute Gasteiger partial charge is 0.492 e. The van der Waals surface area contributed by atoms with Crippen LogP contribution in [0.2, 0.25) is 0 Å². The quantitative estimate of drug-likeness (QED) is 0.212. The first kappa shape index (κ1) is 28.6. The Morgan fingerprint density at radius 1 is 0.950 bits per heavy atom. The van der Waals surface area contributed by atoms with E-state index in [1.807, 2.05) is 6.92 Å². The highest BCUT2D eigenvalue weighted by atomic mass is 32.2. The molecule has 1 aromatic heterocycles. The van der Waals surface area contributed by atoms with Crippen molar-refractivity contribution in [1.82, 2.24) is 4.90 Å². The third-order valence-corrected chi connectivity index (χ3v) is 6.81. The first-order valence-corrected chi connectivity index (χ1v) is 13.5. The molecule has 2 amide bonds. The van der Waals surface area contributed by atoms with Crippen LogP contribution in [0.1, 0.15) is 23.8 Å². The summed E-state index contributed by atoms with van der Waals surface area (Å²) in [6.45, 7) is 2.33. The summed E-state index contributed by atoms with van der Waals surface area (Å²) in [6.07, 6.45) is -3.24. The number of hydrogen-bond acceptors (Lipinski definition) is 6. The van der Waals surface area contributed by atoms with Gasteiger partial charge in [0.15, 0.2) is 0 Å². The number of nitrogens with zero attached hydrogens (tertiary/aromatic N) is 1. The molecule has 40 heavy (non-hydrogen) atoms. The van der Waals surface area contributed by atoms with E-state index in [0.29, 0.717) is 35.4 Å². The summed E-state index contributed by atoms with van der Waals surface area (Å²) in [5.41, 5.74) is -0.156. The molecular formula is C28H25F3N2O6S. The standard InChI is InChI=1S/C28H25F3N2O6S/c1-2-37-26-14-4-3-13-25(26)32-27(34)33(19-23-11-7-15-38-23)18-20-8-5-10-22(16-20)39-40(35,36)24-12-6-9-21(17-24)28(29,30)31/h3-17H,2,18-19H2,1H3,(H,32,34). The molecule has 0 aliphatic heterocycles. The number of amides is 2. The molecule has 0 bridgehead atoms. The number of alkyl halides is 3. The zero-order valence-electron chi connectivity index (χ0n) is 21.2. The number of carbonyl (C=O) groups excluding carboxylic acids is 1. The Morgan fingerprint density at radius 3 is 2.45 bits per heavy atom. The monoisotopic (exact) mass is 574 g/mol. The molecule has 0 aliphatic carbocycles. The SMILES string of the molecule is CCOc1ccccc1NC(=O)N(Cc1cccc(OS(=O)(=O)c2cccc(C(F)(F)F)c2)c1)Cc1ccco1. The molecular weight excluding hydrogens is 549 g/mol. The van der Waals surface area contributed by atoms with E-state index in [1.54, 1.807) is 42.5 Å². The van der Waals surface area contributed by atoms with Crippen molar-refractivity contribution in [3.8, 4) is 11.5 Å².